The first kappa shape index (κ1) is 33.3. The molecule has 0 aliphatic rings. The summed E-state index contributed by atoms with van der Waals surface area (Å²) in [5, 5.41) is 22.8. The molecule has 0 spiro atoms. The molecule has 3 heterocycles. The van der Waals surface area contributed by atoms with Crippen molar-refractivity contribution in [1.29, 1.82) is 5.26 Å². The Hall–Kier alpha value is -8.64. The topological polar surface area (TPSA) is 51.1 Å². The van der Waals surface area contributed by atoms with Crippen LogP contribution in [0.25, 0.3) is 126 Å². The summed E-state index contributed by atoms with van der Waals surface area (Å²) in [6.45, 7) is 9.17. The second-order valence-corrected chi connectivity index (χ2v) is 15.7. The number of benzene rings is 10. The number of rotatable bonds is 4. The average Bonchev–Trinajstić information content (AvgIpc) is 3.97. The Morgan fingerprint density at radius 2 is 0.951 bits per heavy atom. The molecule has 61 heavy (non-hydrogen) atoms. The Kier molecular flexibility index (Phi) is 6.80. The van der Waals surface area contributed by atoms with Gasteiger partial charge in [0.05, 0.1) is 45.6 Å². The highest BCUT2D eigenvalue weighted by Gasteiger charge is 2.32. The maximum absolute atomic E-state index is 11.7. The van der Waals surface area contributed by atoms with Crippen molar-refractivity contribution in [2.75, 3.05) is 0 Å². The van der Waals surface area contributed by atoms with Crippen molar-refractivity contribution in [3.63, 3.8) is 0 Å². The van der Waals surface area contributed by atoms with Crippen molar-refractivity contribution in [2.24, 2.45) is 0 Å². The zero-order chi connectivity index (χ0) is 40.3. The van der Waals surface area contributed by atoms with Gasteiger partial charge < -0.3 is 13.6 Å². The van der Waals surface area contributed by atoms with Crippen LogP contribution in [0.1, 0.15) is 5.56 Å². The van der Waals surface area contributed by atoms with Crippen molar-refractivity contribution in [2.45, 2.75) is 0 Å². The fraction of sp³-hybridized carbons (Fsp3) is 0. The van der Waals surface area contributed by atoms with Gasteiger partial charge in [-0.25, -0.2) is 4.85 Å². The van der Waals surface area contributed by atoms with Gasteiger partial charge in [0.15, 0.2) is 0 Å². The van der Waals surface area contributed by atoms with E-state index in [1.54, 1.807) is 0 Å². The summed E-state index contributed by atoms with van der Waals surface area (Å²) in [6.07, 6.45) is 0. The SMILES string of the molecule is [C-]#[N+]c1c(-c2ccccc2)c(C#N)c(-n2c3ccccc3c3cc4oc5ccccc5c4cc32)c(-c2ccccc2)c1-n1c2cccc3c4ccccc4c4cccc1c4c32. The maximum atomic E-state index is 11.7. The predicted octanol–water partition coefficient (Wildman–Crippen LogP) is 15.3. The molecular formula is C56H30N4O. The van der Waals surface area contributed by atoms with Gasteiger partial charge in [0.25, 0.3) is 0 Å². The van der Waals surface area contributed by atoms with Crippen LogP contribution in [-0.2, 0) is 0 Å². The Bertz CT molecular complexity index is 3970. The quantitative estimate of drug-likeness (QED) is 0.132. The fourth-order valence-corrected chi connectivity index (χ4v) is 10.3. The molecule has 0 radical (unpaired) electrons. The number of para-hydroxylation sites is 2. The molecule has 0 N–H and O–H groups in total. The summed E-state index contributed by atoms with van der Waals surface area (Å²) in [5.41, 5.74) is 10.9. The lowest BCUT2D eigenvalue weighted by Gasteiger charge is -2.25. The lowest BCUT2D eigenvalue weighted by molar-refractivity contribution is 0.669. The van der Waals surface area contributed by atoms with E-state index in [9.17, 15) is 5.26 Å². The molecule has 0 aliphatic heterocycles. The molecule has 13 aromatic rings. The molecule has 10 aromatic carbocycles. The van der Waals surface area contributed by atoms with Gasteiger partial charge in [-0.1, -0.05) is 146 Å². The van der Waals surface area contributed by atoms with Crippen molar-refractivity contribution >= 4 is 92.8 Å². The molecule has 13 rings (SSSR count). The van der Waals surface area contributed by atoms with Crippen molar-refractivity contribution in [3.05, 3.63) is 199 Å². The molecule has 0 saturated carbocycles. The van der Waals surface area contributed by atoms with E-state index >= 15 is 0 Å². The Labute approximate surface area is 348 Å². The normalized spacial score (nSPS) is 11.9. The molecule has 5 heteroatoms. The van der Waals surface area contributed by atoms with Crippen molar-refractivity contribution < 1.29 is 4.42 Å². The highest BCUT2D eigenvalue weighted by Crippen LogP contribution is 2.53. The highest BCUT2D eigenvalue weighted by atomic mass is 16.3. The number of furan rings is 1. The summed E-state index contributed by atoms with van der Waals surface area (Å²) < 4.78 is 11.1. The van der Waals surface area contributed by atoms with E-state index < -0.39 is 0 Å². The first-order chi connectivity index (χ1) is 30.2. The van der Waals surface area contributed by atoms with Gasteiger partial charge in [-0.2, -0.15) is 5.26 Å². The molecule has 0 fully saturated rings. The molecule has 0 bridgehead atoms. The third-order valence-electron chi connectivity index (χ3n) is 12.7. The van der Waals surface area contributed by atoms with Crippen molar-refractivity contribution in [1.82, 2.24) is 9.13 Å². The number of hydrogen-bond acceptors (Lipinski definition) is 2. The average molecular weight is 775 g/mol. The van der Waals surface area contributed by atoms with E-state index in [0.29, 0.717) is 22.5 Å². The zero-order valence-corrected chi connectivity index (χ0v) is 32.5. The van der Waals surface area contributed by atoms with Crippen LogP contribution in [0, 0.1) is 17.9 Å². The van der Waals surface area contributed by atoms with Crippen LogP contribution in [0.5, 0.6) is 0 Å². The van der Waals surface area contributed by atoms with Crippen LogP contribution < -0.4 is 0 Å². The summed E-state index contributed by atoms with van der Waals surface area (Å²) in [6, 6.07) is 65.6. The molecule has 0 unspecified atom stereocenters. The minimum absolute atomic E-state index is 0.417. The third-order valence-corrected chi connectivity index (χ3v) is 12.7. The number of nitrogens with zero attached hydrogens (tertiary/aromatic N) is 4. The summed E-state index contributed by atoms with van der Waals surface area (Å²) in [5.74, 6) is 0. The minimum Gasteiger partial charge on any atom is -0.456 e. The van der Waals surface area contributed by atoms with Gasteiger partial charge in [-0.05, 0) is 69.1 Å². The van der Waals surface area contributed by atoms with E-state index in [1.807, 2.05) is 66.7 Å². The predicted molar refractivity (Wildman–Crippen MR) is 250 cm³/mol. The summed E-state index contributed by atoms with van der Waals surface area (Å²) in [4.78, 5) is 4.48. The van der Waals surface area contributed by atoms with Crippen LogP contribution in [-0.4, -0.2) is 9.13 Å². The molecular weight excluding hydrogens is 745 g/mol. The molecule has 280 valence electrons. The smallest absolute Gasteiger partial charge is 0.220 e. The Balaban J connectivity index is 1.32. The zero-order valence-electron chi connectivity index (χ0n) is 32.5. The van der Waals surface area contributed by atoms with Gasteiger partial charge in [-0.3, -0.25) is 0 Å². The number of aromatic nitrogens is 2. The summed E-state index contributed by atoms with van der Waals surface area (Å²) in [7, 11) is 0. The van der Waals surface area contributed by atoms with Gasteiger partial charge in [0.2, 0.25) is 5.69 Å². The molecule has 3 aromatic heterocycles. The van der Waals surface area contributed by atoms with E-state index in [0.717, 1.165) is 98.7 Å². The minimum atomic E-state index is 0.417. The number of fused-ring (bicyclic) bond motifs is 9. The summed E-state index contributed by atoms with van der Waals surface area (Å²) >= 11 is 0. The second kappa shape index (κ2) is 12.4. The van der Waals surface area contributed by atoms with Crippen LogP contribution in [0.4, 0.5) is 5.69 Å². The van der Waals surface area contributed by atoms with Gasteiger partial charge in [-0.15, -0.1) is 0 Å². The maximum Gasteiger partial charge on any atom is 0.220 e. The molecule has 0 saturated heterocycles. The van der Waals surface area contributed by atoms with Crippen molar-refractivity contribution in [3.8, 4) is 39.7 Å². The van der Waals surface area contributed by atoms with E-state index in [2.05, 4.69) is 135 Å². The van der Waals surface area contributed by atoms with E-state index in [1.165, 1.54) is 10.8 Å². The van der Waals surface area contributed by atoms with E-state index in [-0.39, 0.29) is 0 Å². The fourth-order valence-electron chi connectivity index (χ4n) is 10.3. The van der Waals surface area contributed by atoms with Gasteiger partial charge in [0.1, 0.15) is 17.2 Å². The third kappa shape index (κ3) is 4.41. The standard InChI is InChI=1S/C56H30N4O/c1-58-54-50(33-16-4-2-5-17-33)43(32-57)55(59-44-26-12-10-22-37(44)41-31-49-42(30-47(41)59)38-23-11-13-29-48(38)61-49)51(34-18-6-3-7-19-34)56(54)60-45-27-14-24-39-35-20-8-9-21-36(35)40-25-15-28-46(60)53(40)52(39)45/h2-31H. The van der Waals surface area contributed by atoms with Gasteiger partial charge in [0, 0.05) is 43.4 Å². The van der Waals surface area contributed by atoms with Crippen LogP contribution in [0.2, 0.25) is 0 Å². The molecule has 0 amide bonds. The Morgan fingerprint density at radius 1 is 0.426 bits per heavy atom. The lowest BCUT2D eigenvalue weighted by Crippen LogP contribution is -2.08. The second-order valence-electron chi connectivity index (χ2n) is 15.7. The van der Waals surface area contributed by atoms with Gasteiger partial charge >= 0.3 is 0 Å². The largest absolute Gasteiger partial charge is 0.456 e. The molecule has 0 aliphatic carbocycles. The van der Waals surface area contributed by atoms with Crippen LogP contribution in [0.15, 0.2) is 186 Å². The Morgan fingerprint density at radius 3 is 1.59 bits per heavy atom. The highest BCUT2D eigenvalue weighted by molar-refractivity contribution is 6.34. The first-order valence-electron chi connectivity index (χ1n) is 20.4. The van der Waals surface area contributed by atoms with E-state index in [4.69, 9.17) is 11.0 Å². The first-order valence-corrected chi connectivity index (χ1v) is 20.4. The lowest BCUT2D eigenvalue weighted by atomic mass is 9.88. The van der Waals surface area contributed by atoms with Crippen LogP contribution in [0.3, 0.4) is 0 Å². The number of nitriles is 1. The monoisotopic (exact) mass is 774 g/mol. The number of hydrogen-bond donors (Lipinski definition) is 0. The van der Waals surface area contributed by atoms with Crippen LogP contribution >= 0.6 is 0 Å². The molecule has 5 nitrogen and oxygen atoms in total. The molecule has 0 atom stereocenters.